The zero-order valence-electron chi connectivity index (χ0n) is 10.7. The fourth-order valence-electron chi connectivity index (χ4n) is 2.27. The monoisotopic (exact) mass is 245 g/mol. The van der Waals surface area contributed by atoms with Crippen LogP contribution in [0.1, 0.15) is 31.7 Å². The molecule has 96 valence electrons. The third-order valence-electron chi connectivity index (χ3n) is 3.31. The van der Waals surface area contributed by atoms with Crippen molar-refractivity contribution in [2.75, 3.05) is 12.3 Å². The summed E-state index contributed by atoms with van der Waals surface area (Å²) in [4.78, 5) is 11.6. The number of carbonyl (C=O) groups excluding carboxylic acids is 1. The van der Waals surface area contributed by atoms with Gasteiger partial charge in [0.1, 0.15) is 0 Å². The van der Waals surface area contributed by atoms with Gasteiger partial charge in [0.15, 0.2) is 0 Å². The third kappa shape index (κ3) is 2.92. The zero-order chi connectivity index (χ0) is 13.0. The van der Waals surface area contributed by atoms with Crippen LogP contribution in [-0.2, 0) is 9.53 Å². The first-order chi connectivity index (χ1) is 8.70. The van der Waals surface area contributed by atoms with E-state index in [1.165, 1.54) is 11.1 Å². The van der Waals surface area contributed by atoms with Crippen LogP contribution in [-0.4, -0.2) is 12.6 Å². The molecule has 0 spiro atoms. The summed E-state index contributed by atoms with van der Waals surface area (Å²) in [6.07, 6.45) is 4.72. The smallest absolute Gasteiger partial charge is 0.309 e. The number of allylic oxidation sites excluding steroid dienone is 2. The van der Waals surface area contributed by atoms with Crippen molar-refractivity contribution < 1.29 is 9.53 Å². The van der Waals surface area contributed by atoms with Gasteiger partial charge in [0.05, 0.1) is 12.5 Å². The number of benzene rings is 1. The number of nitrogen functional groups attached to an aromatic ring is 1. The van der Waals surface area contributed by atoms with E-state index in [2.05, 4.69) is 6.08 Å². The standard InChI is InChI=1S/C15H19NO2/c1-2-18-15(17)13-5-3-11(4-6-13)12-7-9-14(16)10-8-12/h3,7-10,13H,2,4-6,16H2,1H3. The number of esters is 1. The van der Waals surface area contributed by atoms with E-state index in [-0.39, 0.29) is 11.9 Å². The highest BCUT2D eigenvalue weighted by atomic mass is 16.5. The van der Waals surface area contributed by atoms with Gasteiger partial charge >= 0.3 is 5.97 Å². The fraction of sp³-hybridized carbons (Fsp3) is 0.400. The van der Waals surface area contributed by atoms with Crippen molar-refractivity contribution in [2.24, 2.45) is 5.92 Å². The molecule has 0 radical (unpaired) electrons. The second-order valence-corrected chi connectivity index (χ2v) is 4.57. The van der Waals surface area contributed by atoms with Crippen LogP contribution >= 0.6 is 0 Å². The first-order valence-corrected chi connectivity index (χ1v) is 6.42. The molecule has 0 bridgehead atoms. The first-order valence-electron chi connectivity index (χ1n) is 6.42. The van der Waals surface area contributed by atoms with Crippen LogP contribution in [0.3, 0.4) is 0 Å². The van der Waals surface area contributed by atoms with Crippen LogP contribution < -0.4 is 5.73 Å². The molecule has 1 aliphatic rings. The van der Waals surface area contributed by atoms with Gasteiger partial charge in [0.25, 0.3) is 0 Å². The van der Waals surface area contributed by atoms with Gasteiger partial charge in [-0.05, 0) is 49.5 Å². The van der Waals surface area contributed by atoms with E-state index in [9.17, 15) is 4.79 Å². The van der Waals surface area contributed by atoms with Crippen molar-refractivity contribution in [1.82, 2.24) is 0 Å². The third-order valence-corrected chi connectivity index (χ3v) is 3.31. The molecule has 3 heteroatoms. The minimum absolute atomic E-state index is 0.0301. The lowest BCUT2D eigenvalue weighted by Crippen LogP contribution is -2.19. The van der Waals surface area contributed by atoms with Crippen molar-refractivity contribution in [3.05, 3.63) is 35.9 Å². The predicted molar refractivity (Wildman–Crippen MR) is 72.8 cm³/mol. The number of anilines is 1. The van der Waals surface area contributed by atoms with Crippen molar-refractivity contribution in [3.63, 3.8) is 0 Å². The summed E-state index contributed by atoms with van der Waals surface area (Å²) in [7, 11) is 0. The average molecular weight is 245 g/mol. The van der Waals surface area contributed by atoms with E-state index in [1.807, 2.05) is 31.2 Å². The van der Waals surface area contributed by atoms with Gasteiger partial charge in [-0.2, -0.15) is 0 Å². The van der Waals surface area contributed by atoms with Gasteiger partial charge < -0.3 is 10.5 Å². The maximum atomic E-state index is 11.6. The summed E-state index contributed by atoms with van der Waals surface area (Å²) >= 11 is 0. The van der Waals surface area contributed by atoms with Gasteiger partial charge in [-0.15, -0.1) is 0 Å². The molecule has 2 rings (SSSR count). The molecule has 18 heavy (non-hydrogen) atoms. The van der Waals surface area contributed by atoms with E-state index in [0.717, 1.165) is 24.9 Å². The van der Waals surface area contributed by atoms with Gasteiger partial charge in [0, 0.05) is 5.69 Å². The van der Waals surface area contributed by atoms with Crippen LogP contribution in [0.15, 0.2) is 30.3 Å². The van der Waals surface area contributed by atoms with E-state index in [4.69, 9.17) is 10.5 Å². The second-order valence-electron chi connectivity index (χ2n) is 4.57. The quantitative estimate of drug-likeness (QED) is 0.658. The summed E-state index contributed by atoms with van der Waals surface area (Å²) in [5.41, 5.74) is 8.95. The lowest BCUT2D eigenvalue weighted by molar-refractivity contribution is -0.148. The van der Waals surface area contributed by atoms with Crippen molar-refractivity contribution in [2.45, 2.75) is 26.2 Å². The summed E-state index contributed by atoms with van der Waals surface area (Å²) in [5, 5.41) is 0. The van der Waals surface area contributed by atoms with Crippen molar-refractivity contribution >= 4 is 17.2 Å². The highest BCUT2D eigenvalue weighted by Crippen LogP contribution is 2.31. The normalized spacial score (nSPS) is 19.2. The number of hydrogen-bond donors (Lipinski definition) is 1. The molecular weight excluding hydrogens is 226 g/mol. The topological polar surface area (TPSA) is 52.3 Å². The highest BCUT2D eigenvalue weighted by molar-refractivity contribution is 5.75. The number of carbonyl (C=O) groups is 1. The zero-order valence-corrected chi connectivity index (χ0v) is 10.7. The van der Waals surface area contributed by atoms with Crippen LogP contribution in [0.5, 0.6) is 0 Å². The lowest BCUT2D eigenvalue weighted by Gasteiger charge is -2.20. The van der Waals surface area contributed by atoms with E-state index in [1.54, 1.807) is 0 Å². The minimum Gasteiger partial charge on any atom is -0.466 e. The van der Waals surface area contributed by atoms with Gasteiger partial charge in [-0.25, -0.2) is 0 Å². The van der Waals surface area contributed by atoms with Crippen molar-refractivity contribution in [3.8, 4) is 0 Å². The summed E-state index contributed by atoms with van der Waals surface area (Å²) in [6, 6.07) is 7.89. The van der Waals surface area contributed by atoms with E-state index >= 15 is 0 Å². The summed E-state index contributed by atoms with van der Waals surface area (Å²) < 4.78 is 5.05. The van der Waals surface area contributed by atoms with Gasteiger partial charge in [-0.3, -0.25) is 4.79 Å². The Balaban J connectivity index is 2.02. The Morgan fingerprint density at radius 2 is 2.11 bits per heavy atom. The Morgan fingerprint density at radius 1 is 1.39 bits per heavy atom. The molecule has 1 unspecified atom stereocenters. The fourth-order valence-corrected chi connectivity index (χ4v) is 2.27. The Hall–Kier alpha value is -1.77. The van der Waals surface area contributed by atoms with Crippen molar-refractivity contribution in [1.29, 1.82) is 0 Å². The molecule has 0 saturated carbocycles. The molecule has 0 amide bonds. The highest BCUT2D eigenvalue weighted by Gasteiger charge is 2.22. The molecule has 2 N–H and O–H groups in total. The molecule has 0 aliphatic heterocycles. The second kappa shape index (κ2) is 5.71. The Bertz CT molecular complexity index is 448. The van der Waals surface area contributed by atoms with E-state index < -0.39 is 0 Å². The molecule has 0 heterocycles. The number of nitrogens with two attached hydrogens (primary N) is 1. The molecule has 0 fully saturated rings. The molecule has 0 aromatic heterocycles. The molecule has 3 nitrogen and oxygen atoms in total. The molecule has 1 aromatic rings. The lowest BCUT2D eigenvalue weighted by atomic mass is 9.86. The van der Waals surface area contributed by atoms with Crippen LogP contribution in [0.2, 0.25) is 0 Å². The Kier molecular flexibility index (Phi) is 4.03. The number of ether oxygens (including phenoxy) is 1. The predicted octanol–water partition coefficient (Wildman–Crippen LogP) is 3.02. The SMILES string of the molecule is CCOC(=O)C1CC=C(c2ccc(N)cc2)CC1. The van der Waals surface area contributed by atoms with Gasteiger partial charge in [0.2, 0.25) is 0 Å². The summed E-state index contributed by atoms with van der Waals surface area (Å²) in [6.45, 7) is 2.31. The maximum absolute atomic E-state index is 11.6. The molecular formula is C15H19NO2. The Morgan fingerprint density at radius 3 is 2.67 bits per heavy atom. The van der Waals surface area contributed by atoms with Crippen LogP contribution in [0.25, 0.3) is 5.57 Å². The largest absolute Gasteiger partial charge is 0.466 e. The maximum Gasteiger partial charge on any atom is 0.309 e. The van der Waals surface area contributed by atoms with Crippen LogP contribution in [0, 0.1) is 5.92 Å². The minimum atomic E-state index is -0.0647. The van der Waals surface area contributed by atoms with E-state index in [0.29, 0.717) is 6.61 Å². The number of hydrogen-bond acceptors (Lipinski definition) is 3. The molecule has 1 atom stereocenters. The molecule has 1 aliphatic carbocycles. The Labute approximate surface area is 108 Å². The molecule has 1 aromatic carbocycles. The number of rotatable bonds is 3. The average Bonchev–Trinajstić information content (AvgIpc) is 2.40. The molecule has 0 saturated heterocycles. The van der Waals surface area contributed by atoms with Gasteiger partial charge in [-0.1, -0.05) is 18.2 Å². The summed E-state index contributed by atoms with van der Waals surface area (Å²) in [5.74, 6) is -0.0346. The first kappa shape index (κ1) is 12.7. The van der Waals surface area contributed by atoms with Crippen LogP contribution in [0.4, 0.5) is 5.69 Å².